The van der Waals surface area contributed by atoms with Crippen molar-refractivity contribution in [1.82, 2.24) is 30.0 Å². The van der Waals surface area contributed by atoms with Gasteiger partial charge < -0.3 is 9.42 Å². The molecule has 0 amide bonds. The standard InChI is InChI=1S/C25H24F3N7O/c1-16(29)35-12-2-3-21(35)13-23-30-24(32-36-23)19-6-4-17(5-7-19)14-34-15-22(31-33-34)18-8-10-20(11-9-18)25(26,27)28/h4-11,15,21,29H,2-3,12-14H2,1H3. The summed E-state index contributed by atoms with van der Waals surface area (Å²) in [6, 6.07) is 12.7. The first-order chi connectivity index (χ1) is 17.3. The van der Waals surface area contributed by atoms with E-state index in [0.29, 0.717) is 41.8 Å². The Balaban J connectivity index is 1.22. The lowest BCUT2D eigenvalue weighted by Gasteiger charge is -2.23. The van der Waals surface area contributed by atoms with Crippen LogP contribution < -0.4 is 0 Å². The van der Waals surface area contributed by atoms with E-state index in [2.05, 4.69) is 25.4 Å². The van der Waals surface area contributed by atoms with Crippen LogP contribution in [0.1, 0.15) is 36.8 Å². The number of nitrogens with one attached hydrogen (secondary N) is 1. The first-order valence-electron chi connectivity index (χ1n) is 11.6. The van der Waals surface area contributed by atoms with Crippen LogP contribution in [-0.2, 0) is 19.1 Å². The molecular weight excluding hydrogens is 471 g/mol. The molecule has 2 aromatic heterocycles. The molecule has 2 aromatic carbocycles. The summed E-state index contributed by atoms with van der Waals surface area (Å²) in [5, 5.41) is 20.2. The Hall–Kier alpha value is -4.02. The third-order valence-electron chi connectivity index (χ3n) is 6.29. The van der Waals surface area contributed by atoms with Gasteiger partial charge in [0.1, 0.15) is 5.69 Å². The topological polar surface area (TPSA) is 96.7 Å². The minimum atomic E-state index is -4.37. The number of benzene rings is 2. The predicted molar refractivity (Wildman–Crippen MR) is 126 cm³/mol. The normalized spacial score (nSPS) is 16.0. The molecular formula is C25H24F3N7O. The number of likely N-dealkylation sites (tertiary alicyclic amines) is 1. The highest BCUT2D eigenvalue weighted by atomic mass is 19.4. The molecule has 1 unspecified atom stereocenters. The Morgan fingerprint density at radius 2 is 1.81 bits per heavy atom. The van der Waals surface area contributed by atoms with Crippen LogP contribution >= 0.6 is 0 Å². The third-order valence-corrected chi connectivity index (χ3v) is 6.29. The Morgan fingerprint density at radius 3 is 2.50 bits per heavy atom. The lowest BCUT2D eigenvalue weighted by Crippen LogP contribution is -2.34. The lowest BCUT2D eigenvalue weighted by molar-refractivity contribution is -0.137. The lowest BCUT2D eigenvalue weighted by atomic mass is 10.1. The van der Waals surface area contributed by atoms with Crippen molar-refractivity contribution in [2.24, 2.45) is 0 Å². The maximum absolute atomic E-state index is 12.8. The second kappa shape index (κ2) is 9.56. The summed E-state index contributed by atoms with van der Waals surface area (Å²) in [5.41, 5.74) is 2.15. The number of rotatable bonds is 6. The summed E-state index contributed by atoms with van der Waals surface area (Å²) in [6.45, 7) is 3.14. The number of alkyl halides is 3. The maximum atomic E-state index is 12.8. The first-order valence-corrected chi connectivity index (χ1v) is 11.6. The average Bonchev–Trinajstić information content (AvgIpc) is 3.61. The van der Waals surface area contributed by atoms with E-state index in [0.717, 1.165) is 42.6 Å². The van der Waals surface area contributed by atoms with Crippen molar-refractivity contribution in [3.05, 3.63) is 71.7 Å². The molecule has 5 rings (SSSR count). The number of hydrogen-bond donors (Lipinski definition) is 1. The average molecular weight is 496 g/mol. The number of hydrogen-bond acceptors (Lipinski definition) is 6. The number of halogens is 3. The van der Waals surface area contributed by atoms with Crippen molar-refractivity contribution < 1.29 is 17.7 Å². The SMILES string of the molecule is CC(=N)N1CCCC1Cc1nc(-c2ccc(Cn3cc(-c4ccc(C(F)(F)F)cc4)nn3)cc2)no1. The largest absolute Gasteiger partial charge is 0.416 e. The summed E-state index contributed by atoms with van der Waals surface area (Å²) in [6.07, 6.45) is 0.00813. The van der Waals surface area contributed by atoms with Crippen LogP contribution in [0.5, 0.6) is 0 Å². The van der Waals surface area contributed by atoms with Gasteiger partial charge in [-0.25, -0.2) is 4.68 Å². The molecule has 0 bridgehead atoms. The zero-order valence-corrected chi connectivity index (χ0v) is 19.5. The first kappa shape index (κ1) is 23.7. The molecule has 186 valence electrons. The van der Waals surface area contributed by atoms with Crippen LogP contribution in [-0.4, -0.2) is 48.5 Å². The highest BCUT2D eigenvalue weighted by molar-refractivity contribution is 5.76. The molecule has 1 atom stereocenters. The Kier molecular flexibility index (Phi) is 6.29. The van der Waals surface area contributed by atoms with E-state index >= 15 is 0 Å². The van der Waals surface area contributed by atoms with Gasteiger partial charge in [-0.3, -0.25) is 5.41 Å². The van der Waals surface area contributed by atoms with Crippen LogP contribution in [0.4, 0.5) is 13.2 Å². The van der Waals surface area contributed by atoms with Crippen molar-refractivity contribution in [2.75, 3.05) is 6.54 Å². The Bertz CT molecular complexity index is 1340. The number of amidine groups is 1. The van der Waals surface area contributed by atoms with E-state index < -0.39 is 11.7 Å². The van der Waals surface area contributed by atoms with E-state index in [1.807, 2.05) is 24.3 Å². The fourth-order valence-corrected chi connectivity index (χ4v) is 4.43. The summed E-state index contributed by atoms with van der Waals surface area (Å²) in [4.78, 5) is 6.61. The van der Waals surface area contributed by atoms with Crippen LogP contribution in [0.2, 0.25) is 0 Å². The molecule has 4 aromatic rings. The van der Waals surface area contributed by atoms with Gasteiger partial charge in [-0.1, -0.05) is 46.8 Å². The number of nitrogens with zero attached hydrogens (tertiary/aromatic N) is 6. The molecule has 8 nitrogen and oxygen atoms in total. The van der Waals surface area contributed by atoms with Gasteiger partial charge >= 0.3 is 6.18 Å². The number of aromatic nitrogens is 5. The van der Waals surface area contributed by atoms with Crippen LogP contribution in [0.15, 0.2) is 59.3 Å². The van der Waals surface area contributed by atoms with Gasteiger partial charge in [0, 0.05) is 30.1 Å². The molecule has 0 saturated carbocycles. The maximum Gasteiger partial charge on any atom is 0.416 e. The molecule has 36 heavy (non-hydrogen) atoms. The molecule has 1 fully saturated rings. The molecule has 1 saturated heterocycles. The molecule has 0 spiro atoms. The van der Waals surface area contributed by atoms with Crippen molar-refractivity contribution in [2.45, 2.75) is 44.9 Å². The van der Waals surface area contributed by atoms with Crippen LogP contribution in [0, 0.1) is 5.41 Å². The molecule has 0 aliphatic carbocycles. The second-order valence-corrected chi connectivity index (χ2v) is 8.86. The highest BCUT2D eigenvalue weighted by Crippen LogP contribution is 2.30. The molecule has 1 N–H and O–H groups in total. The zero-order valence-electron chi connectivity index (χ0n) is 19.5. The van der Waals surface area contributed by atoms with E-state index in [9.17, 15) is 13.2 Å². The molecule has 1 aliphatic rings. The van der Waals surface area contributed by atoms with Gasteiger partial charge in [-0.05, 0) is 37.5 Å². The minimum absolute atomic E-state index is 0.216. The van der Waals surface area contributed by atoms with Crippen molar-refractivity contribution in [1.29, 1.82) is 5.41 Å². The van der Waals surface area contributed by atoms with Gasteiger partial charge in [-0.2, -0.15) is 18.2 Å². The van der Waals surface area contributed by atoms with E-state index in [1.165, 1.54) is 12.1 Å². The van der Waals surface area contributed by atoms with Gasteiger partial charge in [-0.15, -0.1) is 5.10 Å². The molecule has 3 heterocycles. The van der Waals surface area contributed by atoms with Crippen molar-refractivity contribution in [3.8, 4) is 22.6 Å². The quantitative estimate of drug-likeness (QED) is 0.297. The van der Waals surface area contributed by atoms with Crippen LogP contribution in [0.25, 0.3) is 22.6 Å². The summed E-state index contributed by atoms with van der Waals surface area (Å²) < 4.78 is 45.4. The fraction of sp³-hybridized carbons (Fsp3) is 0.320. The van der Waals surface area contributed by atoms with Gasteiger partial charge in [0.05, 0.1) is 24.1 Å². The zero-order chi connectivity index (χ0) is 25.3. The van der Waals surface area contributed by atoms with E-state index in [-0.39, 0.29) is 6.04 Å². The van der Waals surface area contributed by atoms with Gasteiger partial charge in [0.25, 0.3) is 0 Å². The fourth-order valence-electron chi connectivity index (χ4n) is 4.43. The summed E-state index contributed by atoms with van der Waals surface area (Å²) in [5.74, 6) is 1.63. The summed E-state index contributed by atoms with van der Waals surface area (Å²) in [7, 11) is 0. The smallest absolute Gasteiger partial charge is 0.357 e. The Labute approximate surface area is 205 Å². The third kappa shape index (κ3) is 5.14. The van der Waals surface area contributed by atoms with E-state index in [4.69, 9.17) is 9.93 Å². The summed E-state index contributed by atoms with van der Waals surface area (Å²) >= 11 is 0. The van der Waals surface area contributed by atoms with Crippen molar-refractivity contribution in [3.63, 3.8) is 0 Å². The molecule has 1 aliphatic heterocycles. The second-order valence-electron chi connectivity index (χ2n) is 8.86. The molecule has 11 heteroatoms. The predicted octanol–water partition coefficient (Wildman–Crippen LogP) is 5.07. The van der Waals surface area contributed by atoms with Gasteiger partial charge in [0.2, 0.25) is 11.7 Å². The van der Waals surface area contributed by atoms with Crippen LogP contribution in [0.3, 0.4) is 0 Å². The molecule has 0 radical (unpaired) electrons. The monoisotopic (exact) mass is 495 g/mol. The minimum Gasteiger partial charge on any atom is -0.357 e. The highest BCUT2D eigenvalue weighted by Gasteiger charge is 2.30. The van der Waals surface area contributed by atoms with Gasteiger partial charge in [0.15, 0.2) is 0 Å². The van der Waals surface area contributed by atoms with E-state index in [1.54, 1.807) is 17.8 Å². The Morgan fingerprint density at radius 1 is 1.08 bits per heavy atom. The van der Waals surface area contributed by atoms with Crippen molar-refractivity contribution >= 4 is 5.84 Å².